The number of aryl methyl sites for hydroxylation is 1. The minimum absolute atomic E-state index is 0.0192. The lowest BCUT2D eigenvalue weighted by molar-refractivity contribution is -0.139. The van der Waals surface area contributed by atoms with Crippen LogP contribution >= 0.6 is 0 Å². The van der Waals surface area contributed by atoms with Crippen LogP contribution in [-0.4, -0.2) is 89.4 Å². The average Bonchev–Trinajstić information content (AvgIpc) is 3.28. The molecule has 1 unspecified atom stereocenters. The number of rotatable bonds is 11. The number of carbonyl (C=O) groups is 3. The third-order valence-electron chi connectivity index (χ3n) is 7.23. The van der Waals surface area contributed by atoms with Crippen molar-refractivity contribution in [1.29, 1.82) is 0 Å². The van der Waals surface area contributed by atoms with Crippen molar-refractivity contribution in [1.82, 2.24) is 19.7 Å². The van der Waals surface area contributed by atoms with E-state index < -0.39 is 6.10 Å². The van der Waals surface area contributed by atoms with Gasteiger partial charge in [-0.2, -0.15) is 0 Å². The Hall–Kier alpha value is -3.65. The summed E-state index contributed by atoms with van der Waals surface area (Å²) in [6.45, 7) is 6.22. The minimum atomic E-state index is -0.436. The number of nitrogens with zero attached hydrogens (tertiary/aromatic N) is 3. The number of fused-ring (bicyclic) bond motifs is 1. The number of H-pyrrole nitrogens is 1. The molecule has 8 nitrogen and oxygen atoms in total. The fourth-order valence-corrected chi connectivity index (χ4v) is 4.99. The molecule has 202 valence electrons. The molecule has 1 fully saturated rings. The summed E-state index contributed by atoms with van der Waals surface area (Å²) >= 11 is 0. The summed E-state index contributed by atoms with van der Waals surface area (Å²) in [5, 5.41) is 1.11. The Morgan fingerprint density at radius 3 is 2.50 bits per heavy atom. The predicted molar refractivity (Wildman–Crippen MR) is 148 cm³/mol. The van der Waals surface area contributed by atoms with Crippen LogP contribution in [0.5, 0.6) is 0 Å². The maximum absolute atomic E-state index is 13.3. The van der Waals surface area contributed by atoms with E-state index in [0.29, 0.717) is 45.4 Å². The zero-order valence-corrected chi connectivity index (χ0v) is 22.4. The van der Waals surface area contributed by atoms with E-state index in [2.05, 4.69) is 4.98 Å². The number of amides is 3. The van der Waals surface area contributed by atoms with Gasteiger partial charge in [-0.15, -0.1) is 0 Å². The van der Waals surface area contributed by atoms with Gasteiger partial charge in [0, 0.05) is 56.2 Å². The molecule has 2 aromatic carbocycles. The first-order valence-corrected chi connectivity index (χ1v) is 13.5. The first-order valence-electron chi connectivity index (χ1n) is 13.5. The Labute approximate surface area is 224 Å². The number of carbonyl (C=O) groups excluding carboxylic acids is 3. The van der Waals surface area contributed by atoms with Gasteiger partial charge < -0.3 is 24.4 Å². The van der Waals surface area contributed by atoms with Gasteiger partial charge in [0.2, 0.25) is 17.7 Å². The van der Waals surface area contributed by atoms with Gasteiger partial charge in [-0.25, -0.2) is 0 Å². The number of aromatic amines is 1. The van der Waals surface area contributed by atoms with Crippen LogP contribution in [0.4, 0.5) is 0 Å². The molecular formula is C30H38N4O4. The molecule has 38 heavy (non-hydrogen) atoms. The highest BCUT2D eigenvalue weighted by Crippen LogP contribution is 2.20. The van der Waals surface area contributed by atoms with Gasteiger partial charge in [-0.3, -0.25) is 14.4 Å². The van der Waals surface area contributed by atoms with E-state index >= 15 is 0 Å². The Balaban J connectivity index is 1.43. The van der Waals surface area contributed by atoms with Crippen LogP contribution in [0, 0.1) is 0 Å². The lowest BCUT2D eigenvalue weighted by Gasteiger charge is -2.26. The van der Waals surface area contributed by atoms with Gasteiger partial charge in [0.05, 0.1) is 12.6 Å². The molecule has 0 spiro atoms. The summed E-state index contributed by atoms with van der Waals surface area (Å²) in [6, 6.07) is 18.0. The molecule has 8 heteroatoms. The summed E-state index contributed by atoms with van der Waals surface area (Å²) in [4.78, 5) is 47.5. The SMILES string of the molecule is CCN(CC)C(=O)COC1CN(CCc2ccccc2)C(=O)CN(C(=O)CCc2c[nH]c3ccccc23)C1. The summed E-state index contributed by atoms with van der Waals surface area (Å²) in [6.07, 6.45) is 3.10. The second-order valence-electron chi connectivity index (χ2n) is 9.71. The summed E-state index contributed by atoms with van der Waals surface area (Å²) in [5.41, 5.74) is 3.27. The van der Waals surface area contributed by atoms with Crippen molar-refractivity contribution < 1.29 is 19.1 Å². The van der Waals surface area contributed by atoms with Gasteiger partial charge >= 0.3 is 0 Å². The number of nitrogens with one attached hydrogen (secondary N) is 1. The second kappa shape index (κ2) is 13.2. The number of hydrogen-bond donors (Lipinski definition) is 1. The number of aromatic nitrogens is 1. The Kier molecular flexibility index (Phi) is 9.54. The molecule has 1 atom stereocenters. The average molecular weight is 519 g/mol. The van der Waals surface area contributed by atoms with Gasteiger partial charge in [0.15, 0.2) is 0 Å². The Bertz CT molecular complexity index is 1220. The molecule has 1 aliphatic heterocycles. The maximum atomic E-state index is 13.3. The molecule has 1 saturated heterocycles. The number of hydrogen-bond acceptors (Lipinski definition) is 4. The molecule has 1 aromatic heterocycles. The van der Waals surface area contributed by atoms with Crippen molar-refractivity contribution in [2.75, 3.05) is 45.9 Å². The number of benzene rings is 2. The highest BCUT2D eigenvalue weighted by atomic mass is 16.5. The monoisotopic (exact) mass is 518 g/mol. The van der Waals surface area contributed by atoms with Crippen molar-refractivity contribution in [3.63, 3.8) is 0 Å². The molecule has 2 heterocycles. The van der Waals surface area contributed by atoms with E-state index in [4.69, 9.17) is 4.74 Å². The van der Waals surface area contributed by atoms with Crippen molar-refractivity contribution in [2.45, 2.75) is 39.2 Å². The van der Waals surface area contributed by atoms with E-state index in [1.165, 1.54) is 0 Å². The maximum Gasteiger partial charge on any atom is 0.248 e. The fraction of sp³-hybridized carbons (Fsp3) is 0.433. The molecule has 4 rings (SSSR count). The molecule has 0 bridgehead atoms. The van der Waals surface area contributed by atoms with Crippen LogP contribution in [0.3, 0.4) is 0 Å². The first-order chi connectivity index (χ1) is 18.5. The topological polar surface area (TPSA) is 85.9 Å². The predicted octanol–water partition coefficient (Wildman–Crippen LogP) is 3.27. The Morgan fingerprint density at radius 1 is 1.00 bits per heavy atom. The Morgan fingerprint density at radius 2 is 1.74 bits per heavy atom. The third-order valence-corrected chi connectivity index (χ3v) is 7.23. The minimum Gasteiger partial charge on any atom is -0.365 e. The lowest BCUT2D eigenvalue weighted by Crippen LogP contribution is -2.41. The zero-order chi connectivity index (χ0) is 26.9. The molecule has 0 radical (unpaired) electrons. The first kappa shape index (κ1) is 27.4. The number of para-hydroxylation sites is 1. The van der Waals surface area contributed by atoms with Crippen molar-refractivity contribution in [2.24, 2.45) is 0 Å². The van der Waals surface area contributed by atoms with Crippen molar-refractivity contribution in [3.8, 4) is 0 Å². The smallest absolute Gasteiger partial charge is 0.248 e. The van der Waals surface area contributed by atoms with Gasteiger partial charge in [-0.1, -0.05) is 48.5 Å². The lowest BCUT2D eigenvalue weighted by atomic mass is 10.1. The largest absolute Gasteiger partial charge is 0.365 e. The van der Waals surface area contributed by atoms with E-state index in [-0.39, 0.29) is 37.4 Å². The zero-order valence-electron chi connectivity index (χ0n) is 22.4. The molecule has 1 aliphatic rings. The van der Waals surface area contributed by atoms with E-state index in [9.17, 15) is 14.4 Å². The summed E-state index contributed by atoms with van der Waals surface area (Å²) in [5.74, 6) is -0.265. The van der Waals surface area contributed by atoms with Gasteiger partial charge in [0.25, 0.3) is 0 Å². The quantitative estimate of drug-likeness (QED) is 0.422. The molecular weight excluding hydrogens is 480 g/mol. The van der Waals surface area contributed by atoms with Gasteiger partial charge in [0.1, 0.15) is 6.61 Å². The second-order valence-corrected chi connectivity index (χ2v) is 9.71. The van der Waals surface area contributed by atoms with Crippen LogP contribution in [0.2, 0.25) is 0 Å². The van der Waals surface area contributed by atoms with E-state index in [0.717, 1.165) is 22.0 Å². The normalized spacial score (nSPS) is 16.1. The van der Waals surface area contributed by atoms with Crippen LogP contribution in [0.25, 0.3) is 10.9 Å². The summed E-state index contributed by atoms with van der Waals surface area (Å²) < 4.78 is 6.04. The van der Waals surface area contributed by atoms with E-state index in [1.807, 2.05) is 74.6 Å². The van der Waals surface area contributed by atoms with Crippen LogP contribution in [-0.2, 0) is 32.0 Å². The molecule has 0 aliphatic carbocycles. The molecule has 0 saturated carbocycles. The summed E-state index contributed by atoms with van der Waals surface area (Å²) in [7, 11) is 0. The molecule has 1 N–H and O–H groups in total. The van der Waals surface area contributed by atoms with Crippen LogP contribution < -0.4 is 0 Å². The fourth-order valence-electron chi connectivity index (χ4n) is 4.99. The van der Waals surface area contributed by atoms with Crippen LogP contribution in [0.15, 0.2) is 60.8 Å². The van der Waals surface area contributed by atoms with E-state index in [1.54, 1.807) is 14.7 Å². The molecule has 3 amide bonds. The van der Waals surface area contributed by atoms with Gasteiger partial charge in [-0.05, 0) is 43.9 Å². The van der Waals surface area contributed by atoms with Crippen molar-refractivity contribution >= 4 is 28.6 Å². The highest BCUT2D eigenvalue weighted by Gasteiger charge is 2.31. The standard InChI is InChI=1S/C30H38N4O4/c1-3-32(4-2)30(37)22-38-25-19-33(17-16-23-10-6-5-7-11-23)29(36)21-34(20-25)28(35)15-14-24-18-31-27-13-9-8-12-26(24)27/h5-13,18,25,31H,3-4,14-17,19-22H2,1-2H3. The number of ether oxygens (including phenoxy) is 1. The third kappa shape index (κ3) is 7.01. The molecule has 3 aromatic rings. The van der Waals surface area contributed by atoms with Crippen molar-refractivity contribution in [3.05, 3.63) is 71.9 Å². The highest BCUT2D eigenvalue weighted by molar-refractivity contribution is 5.87. The van der Waals surface area contributed by atoms with Crippen LogP contribution in [0.1, 0.15) is 31.4 Å². The number of likely N-dealkylation sites (N-methyl/N-ethyl adjacent to an activating group) is 1.